The Labute approximate surface area is 164 Å². The number of rotatable bonds is 2. The van der Waals surface area contributed by atoms with E-state index in [0.29, 0.717) is 28.5 Å². The summed E-state index contributed by atoms with van der Waals surface area (Å²) in [7, 11) is 0. The van der Waals surface area contributed by atoms with Crippen LogP contribution in [-0.2, 0) is 0 Å². The SMILES string of the molecule is Clc1ccc2c(c1)C(c1ccccc1Cl)=NCC1=NN=C(CBr)CN12. The van der Waals surface area contributed by atoms with E-state index in [0.717, 1.165) is 34.1 Å². The zero-order valence-corrected chi connectivity index (χ0v) is 16.2. The Morgan fingerprint density at radius 3 is 2.68 bits per heavy atom. The fourth-order valence-corrected chi connectivity index (χ4v) is 3.64. The van der Waals surface area contributed by atoms with Crippen LogP contribution >= 0.6 is 39.1 Å². The Kier molecular flexibility index (Phi) is 4.63. The minimum Gasteiger partial charge on any atom is -0.320 e. The lowest BCUT2D eigenvalue weighted by Crippen LogP contribution is -2.40. The molecule has 0 radical (unpaired) electrons. The summed E-state index contributed by atoms with van der Waals surface area (Å²) in [6.07, 6.45) is 0. The number of amidine groups is 1. The normalized spacial score (nSPS) is 16.3. The first kappa shape index (κ1) is 16.8. The van der Waals surface area contributed by atoms with Crippen molar-refractivity contribution in [2.45, 2.75) is 0 Å². The largest absolute Gasteiger partial charge is 0.320 e. The van der Waals surface area contributed by atoms with Crippen LogP contribution in [0, 0.1) is 0 Å². The number of nitrogens with zero attached hydrogens (tertiary/aromatic N) is 4. The molecule has 0 spiro atoms. The van der Waals surface area contributed by atoms with Gasteiger partial charge in [-0.1, -0.05) is 57.3 Å². The minimum atomic E-state index is 0.436. The van der Waals surface area contributed by atoms with E-state index in [9.17, 15) is 0 Å². The second-order valence-corrected chi connectivity index (χ2v) is 7.11. The van der Waals surface area contributed by atoms with Crippen LogP contribution < -0.4 is 4.90 Å². The summed E-state index contributed by atoms with van der Waals surface area (Å²) in [4.78, 5) is 6.93. The van der Waals surface area contributed by atoms with E-state index in [1.807, 2.05) is 42.5 Å². The van der Waals surface area contributed by atoms with Crippen LogP contribution in [0.1, 0.15) is 11.1 Å². The van der Waals surface area contributed by atoms with Crippen molar-refractivity contribution < 1.29 is 0 Å². The summed E-state index contributed by atoms with van der Waals surface area (Å²) in [6, 6.07) is 13.5. The highest BCUT2D eigenvalue weighted by Crippen LogP contribution is 2.32. The second-order valence-electron chi connectivity index (χ2n) is 5.71. The number of benzene rings is 2. The van der Waals surface area contributed by atoms with Gasteiger partial charge in [0.05, 0.1) is 30.2 Å². The third-order valence-corrected chi connectivity index (χ3v) is 5.34. The van der Waals surface area contributed by atoms with Gasteiger partial charge in [-0.25, -0.2) is 0 Å². The third-order valence-electron chi connectivity index (χ3n) is 4.13. The maximum Gasteiger partial charge on any atom is 0.154 e. The molecule has 0 bridgehead atoms. The quantitative estimate of drug-likeness (QED) is 0.623. The van der Waals surface area contributed by atoms with Crippen molar-refractivity contribution in [2.24, 2.45) is 15.2 Å². The first-order chi connectivity index (χ1) is 12.2. The van der Waals surface area contributed by atoms with E-state index >= 15 is 0 Å². The van der Waals surface area contributed by atoms with Crippen LogP contribution in [0.5, 0.6) is 0 Å². The average molecular weight is 436 g/mol. The highest BCUT2D eigenvalue weighted by molar-refractivity contribution is 9.09. The van der Waals surface area contributed by atoms with Gasteiger partial charge in [-0.15, -0.1) is 5.10 Å². The van der Waals surface area contributed by atoms with E-state index in [2.05, 4.69) is 31.0 Å². The molecule has 0 unspecified atom stereocenters. The lowest BCUT2D eigenvalue weighted by molar-refractivity contribution is 1.03. The Hall–Kier alpha value is -1.69. The molecule has 2 heterocycles. The first-order valence-corrected chi connectivity index (χ1v) is 9.60. The number of aliphatic imine (C=N–C) groups is 1. The molecule has 2 aromatic carbocycles. The average Bonchev–Trinajstić information content (AvgIpc) is 2.78. The maximum atomic E-state index is 6.43. The van der Waals surface area contributed by atoms with Gasteiger partial charge in [-0.05, 0) is 24.3 Å². The summed E-state index contributed by atoms with van der Waals surface area (Å²) in [6.45, 7) is 1.11. The Morgan fingerprint density at radius 1 is 1.04 bits per heavy atom. The molecule has 0 saturated heterocycles. The summed E-state index contributed by atoms with van der Waals surface area (Å²) < 4.78 is 0. The van der Waals surface area contributed by atoms with Crippen molar-refractivity contribution in [1.29, 1.82) is 0 Å². The molecule has 25 heavy (non-hydrogen) atoms. The van der Waals surface area contributed by atoms with Crippen molar-refractivity contribution in [3.05, 3.63) is 63.6 Å². The molecule has 7 heteroatoms. The highest BCUT2D eigenvalue weighted by Gasteiger charge is 2.27. The van der Waals surface area contributed by atoms with Gasteiger partial charge in [0, 0.05) is 26.5 Å². The van der Waals surface area contributed by atoms with Gasteiger partial charge in [0.1, 0.15) is 0 Å². The number of halogens is 3. The molecule has 0 saturated carbocycles. The summed E-state index contributed by atoms with van der Waals surface area (Å²) in [5.41, 5.74) is 4.62. The molecule has 0 amide bonds. The van der Waals surface area contributed by atoms with E-state index in [1.54, 1.807) is 0 Å². The van der Waals surface area contributed by atoms with Crippen LogP contribution in [-0.4, -0.2) is 35.7 Å². The molecular weight excluding hydrogens is 423 g/mol. The highest BCUT2D eigenvalue weighted by atomic mass is 79.9. The molecule has 0 aliphatic carbocycles. The van der Waals surface area contributed by atoms with Crippen molar-refractivity contribution in [3.63, 3.8) is 0 Å². The Balaban J connectivity index is 1.91. The Bertz CT molecular complexity index is 936. The number of anilines is 1. The van der Waals surface area contributed by atoms with E-state index < -0.39 is 0 Å². The molecule has 0 aromatic heterocycles. The number of hydrogen-bond donors (Lipinski definition) is 0. The van der Waals surface area contributed by atoms with Crippen LogP contribution in [0.25, 0.3) is 0 Å². The van der Waals surface area contributed by atoms with Gasteiger partial charge >= 0.3 is 0 Å². The smallest absolute Gasteiger partial charge is 0.154 e. The molecule has 0 N–H and O–H groups in total. The zero-order chi connectivity index (χ0) is 17.4. The van der Waals surface area contributed by atoms with Crippen LogP contribution in [0.4, 0.5) is 5.69 Å². The summed E-state index contributed by atoms with van der Waals surface area (Å²) in [5.74, 6) is 0.815. The Morgan fingerprint density at radius 2 is 1.88 bits per heavy atom. The molecule has 2 aliphatic heterocycles. The fraction of sp³-hybridized carbons (Fsp3) is 0.167. The van der Waals surface area contributed by atoms with Crippen LogP contribution in [0.3, 0.4) is 0 Å². The van der Waals surface area contributed by atoms with Gasteiger partial charge in [0.15, 0.2) is 5.84 Å². The molecule has 0 atom stereocenters. The second kappa shape index (κ2) is 6.90. The molecule has 4 rings (SSSR count). The first-order valence-electron chi connectivity index (χ1n) is 7.72. The van der Waals surface area contributed by atoms with Crippen molar-refractivity contribution >= 4 is 62.1 Å². The molecule has 126 valence electrons. The van der Waals surface area contributed by atoms with Crippen molar-refractivity contribution in [2.75, 3.05) is 23.3 Å². The lowest BCUT2D eigenvalue weighted by Gasteiger charge is -2.28. The molecular formula is C18H13BrCl2N4. The van der Waals surface area contributed by atoms with E-state index in [-0.39, 0.29) is 0 Å². The standard InChI is InChI=1S/C18H13BrCl2N4/c19-8-12-10-25-16-6-5-11(20)7-14(16)18(22-9-17(25)24-23-12)13-3-1-2-4-15(13)21/h1-7H,8-10H2. The van der Waals surface area contributed by atoms with Gasteiger partial charge in [-0.2, -0.15) is 5.10 Å². The minimum absolute atomic E-state index is 0.436. The van der Waals surface area contributed by atoms with E-state index in [4.69, 9.17) is 28.2 Å². The topological polar surface area (TPSA) is 40.3 Å². The number of fused-ring (bicyclic) bond motifs is 3. The molecule has 0 fully saturated rings. The molecule has 2 aromatic rings. The van der Waals surface area contributed by atoms with E-state index in [1.165, 1.54) is 0 Å². The van der Waals surface area contributed by atoms with Gasteiger partial charge in [-0.3, -0.25) is 4.99 Å². The predicted octanol–water partition coefficient (Wildman–Crippen LogP) is 4.81. The monoisotopic (exact) mass is 434 g/mol. The van der Waals surface area contributed by atoms with Crippen molar-refractivity contribution in [3.8, 4) is 0 Å². The van der Waals surface area contributed by atoms with Crippen LogP contribution in [0.15, 0.2) is 57.7 Å². The fourth-order valence-electron chi connectivity index (χ4n) is 2.95. The zero-order valence-electron chi connectivity index (χ0n) is 13.1. The number of alkyl halides is 1. The lowest BCUT2D eigenvalue weighted by atomic mass is 10.00. The van der Waals surface area contributed by atoms with Gasteiger partial charge in [0.2, 0.25) is 0 Å². The van der Waals surface area contributed by atoms with Gasteiger partial charge in [0.25, 0.3) is 0 Å². The molecule has 2 aliphatic rings. The summed E-state index contributed by atoms with van der Waals surface area (Å²) in [5, 5.41) is 10.6. The van der Waals surface area contributed by atoms with Gasteiger partial charge < -0.3 is 4.90 Å². The number of hydrogen-bond acceptors (Lipinski definition) is 4. The predicted molar refractivity (Wildman–Crippen MR) is 109 cm³/mol. The van der Waals surface area contributed by atoms with Crippen LogP contribution in [0.2, 0.25) is 10.0 Å². The summed E-state index contributed by atoms with van der Waals surface area (Å²) >= 11 is 16.2. The maximum absolute atomic E-state index is 6.43. The molecule has 4 nitrogen and oxygen atoms in total. The van der Waals surface area contributed by atoms with Crippen molar-refractivity contribution in [1.82, 2.24) is 0 Å². The third kappa shape index (κ3) is 3.12.